The van der Waals surface area contributed by atoms with Crippen LogP contribution in [-0.4, -0.2) is 48.4 Å². The van der Waals surface area contributed by atoms with Crippen molar-refractivity contribution < 1.29 is 4.79 Å². The fourth-order valence-electron chi connectivity index (χ4n) is 4.75. The second-order valence-electron chi connectivity index (χ2n) is 7.87. The topological polar surface area (TPSA) is 49.0 Å². The van der Waals surface area contributed by atoms with Gasteiger partial charge in [0, 0.05) is 33.8 Å². The molecule has 0 aromatic carbocycles. The zero-order valence-electron chi connectivity index (χ0n) is 14.2. The summed E-state index contributed by atoms with van der Waals surface area (Å²) in [6.07, 6.45) is 14.4. The van der Waals surface area contributed by atoms with Crippen LogP contribution in [-0.2, 0) is 17.6 Å². The van der Waals surface area contributed by atoms with Crippen LogP contribution >= 0.6 is 27.7 Å². The highest BCUT2D eigenvalue weighted by Gasteiger charge is 2.49. The number of aromatic nitrogens is 2. The zero-order valence-corrected chi connectivity index (χ0v) is 16.6. The molecule has 2 fully saturated rings. The largest absolute Gasteiger partial charge is 0.335 e. The molecule has 2 heterocycles. The molecule has 0 bridgehead atoms. The van der Waals surface area contributed by atoms with E-state index >= 15 is 0 Å². The number of aromatic amines is 1. The Morgan fingerprint density at radius 2 is 2.16 bits per heavy atom. The van der Waals surface area contributed by atoms with Crippen molar-refractivity contribution in [2.24, 2.45) is 5.92 Å². The number of fused-ring (bicyclic) bond motifs is 2. The molecule has 0 radical (unpaired) electrons. The SMILES string of the molecule is O=C(C1SC2CCC=CC2C1Br)N(C1CC1)C1CCc2[nH]ncc2C1. The molecule has 134 valence electrons. The van der Waals surface area contributed by atoms with Crippen LogP contribution in [0.15, 0.2) is 18.3 Å². The molecule has 4 aliphatic rings. The first kappa shape index (κ1) is 16.4. The third-order valence-corrected chi connectivity index (χ3v) is 9.38. The molecule has 1 N–H and O–H groups in total. The highest BCUT2D eigenvalue weighted by molar-refractivity contribution is 9.09. The van der Waals surface area contributed by atoms with Gasteiger partial charge >= 0.3 is 0 Å². The van der Waals surface area contributed by atoms with Gasteiger partial charge in [0.05, 0.1) is 11.4 Å². The van der Waals surface area contributed by atoms with Crippen molar-refractivity contribution in [2.45, 2.75) is 72.4 Å². The minimum absolute atomic E-state index is 0.0732. The number of hydrogen-bond donors (Lipinski definition) is 1. The van der Waals surface area contributed by atoms with Crippen molar-refractivity contribution in [3.05, 3.63) is 29.6 Å². The van der Waals surface area contributed by atoms with Crippen LogP contribution in [0.1, 0.15) is 43.4 Å². The van der Waals surface area contributed by atoms with Gasteiger partial charge in [0.15, 0.2) is 0 Å². The maximum absolute atomic E-state index is 13.6. The summed E-state index contributed by atoms with van der Waals surface area (Å²) in [6, 6.07) is 0.827. The summed E-state index contributed by atoms with van der Waals surface area (Å²) in [5.74, 6) is 0.898. The van der Waals surface area contributed by atoms with E-state index < -0.39 is 0 Å². The van der Waals surface area contributed by atoms with Gasteiger partial charge in [-0.2, -0.15) is 5.10 Å². The number of hydrogen-bond acceptors (Lipinski definition) is 3. The summed E-state index contributed by atoms with van der Waals surface area (Å²) in [5, 5.41) is 7.99. The molecule has 1 saturated heterocycles. The van der Waals surface area contributed by atoms with Crippen LogP contribution in [0.5, 0.6) is 0 Å². The molecule has 5 atom stereocenters. The quantitative estimate of drug-likeness (QED) is 0.600. The number of H-pyrrole nitrogens is 1. The molecular formula is C19H24BrN3OS. The molecule has 1 amide bonds. The van der Waals surface area contributed by atoms with E-state index in [1.165, 1.54) is 30.5 Å². The number of alkyl halides is 1. The van der Waals surface area contributed by atoms with Gasteiger partial charge in [-0.15, -0.1) is 11.8 Å². The molecule has 0 spiro atoms. The lowest BCUT2D eigenvalue weighted by Gasteiger charge is -2.36. The van der Waals surface area contributed by atoms with E-state index in [4.69, 9.17) is 0 Å². The Bertz CT molecular complexity index is 701. The van der Waals surface area contributed by atoms with E-state index in [0.717, 1.165) is 25.7 Å². The molecule has 3 aliphatic carbocycles. The Kier molecular flexibility index (Phi) is 4.24. The molecular weight excluding hydrogens is 398 g/mol. The number of carbonyl (C=O) groups excluding carboxylic acids is 1. The van der Waals surface area contributed by atoms with Gasteiger partial charge in [0.2, 0.25) is 5.91 Å². The minimum atomic E-state index is 0.0732. The lowest BCUT2D eigenvalue weighted by Crippen LogP contribution is -2.49. The van der Waals surface area contributed by atoms with Crippen LogP contribution < -0.4 is 0 Å². The molecule has 4 nitrogen and oxygen atoms in total. The van der Waals surface area contributed by atoms with Gasteiger partial charge in [0.1, 0.15) is 0 Å². The van der Waals surface area contributed by atoms with Gasteiger partial charge in [-0.1, -0.05) is 28.1 Å². The predicted octanol–water partition coefficient (Wildman–Crippen LogP) is 3.47. The second kappa shape index (κ2) is 6.45. The van der Waals surface area contributed by atoms with Crippen LogP contribution in [0.25, 0.3) is 0 Å². The monoisotopic (exact) mass is 421 g/mol. The lowest BCUT2D eigenvalue weighted by molar-refractivity contribution is -0.133. The van der Waals surface area contributed by atoms with Crippen LogP contribution in [0.2, 0.25) is 0 Å². The summed E-state index contributed by atoms with van der Waals surface area (Å²) in [4.78, 5) is 16.1. The Balaban J connectivity index is 1.36. The number of halogens is 1. The van der Waals surface area contributed by atoms with E-state index in [1.807, 2.05) is 18.0 Å². The van der Waals surface area contributed by atoms with E-state index in [9.17, 15) is 4.79 Å². The number of nitrogens with one attached hydrogen (secondary N) is 1. The summed E-state index contributed by atoms with van der Waals surface area (Å²) in [7, 11) is 0. The molecule has 6 heteroatoms. The van der Waals surface area contributed by atoms with Crippen LogP contribution in [0.4, 0.5) is 0 Å². The van der Waals surface area contributed by atoms with Crippen molar-refractivity contribution in [1.29, 1.82) is 0 Å². The number of amides is 1. The van der Waals surface area contributed by atoms with E-state index in [0.29, 0.717) is 29.2 Å². The number of carbonyl (C=O) groups is 1. The standard InChI is InChI=1S/C19H24BrN3OS/c20-17-14-3-1-2-4-16(14)25-18(17)19(24)23(12-5-6-12)13-7-8-15-11(9-13)10-21-22-15/h1,3,10,12-14,16-18H,2,4-9H2,(H,21,22). The maximum Gasteiger partial charge on any atom is 0.237 e. The summed E-state index contributed by atoms with van der Waals surface area (Å²) in [5.41, 5.74) is 2.57. The molecule has 1 aromatic heterocycles. The van der Waals surface area contributed by atoms with E-state index in [-0.39, 0.29) is 10.1 Å². The Hall–Kier alpha value is -0.750. The molecule has 1 saturated carbocycles. The summed E-state index contributed by atoms with van der Waals surface area (Å²) < 4.78 is 0. The van der Waals surface area contributed by atoms with E-state index in [1.54, 1.807) is 0 Å². The van der Waals surface area contributed by atoms with Gasteiger partial charge in [-0.3, -0.25) is 9.89 Å². The van der Waals surface area contributed by atoms with Gasteiger partial charge in [-0.25, -0.2) is 0 Å². The molecule has 5 unspecified atom stereocenters. The average Bonchev–Trinajstić information content (AvgIpc) is 3.24. The van der Waals surface area contributed by atoms with E-state index in [2.05, 4.69) is 43.2 Å². The highest BCUT2D eigenvalue weighted by atomic mass is 79.9. The van der Waals surface area contributed by atoms with Gasteiger partial charge in [0.25, 0.3) is 0 Å². The first-order valence-corrected chi connectivity index (χ1v) is 11.4. The third-order valence-electron chi connectivity index (χ3n) is 6.21. The number of aryl methyl sites for hydroxylation is 1. The zero-order chi connectivity index (χ0) is 17.0. The van der Waals surface area contributed by atoms with Crippen LogP contribution in [0, 0.1) is 5.92 Å². The van der Waals surface area contributed by atoms with Crippen molar-refractivity contribution in [2.75, 3.05) is 0 Å². The fraction of sp³-hybridized carbons (Fsp3) is 0.684. The fourth-order valence-corrected chi connectivity index (χ4v) is 7.76. The summed E-state index contributed by atoms with van der Waals surface area (Å²) in [6.45, 7) is 0. The minimum Gasteiger partial charge on any atom is -0.335 e. The Morgan fingerprint density at radius 3 is 2.96 bits per heavy atom. The number of rotatable bonds is 3. The van der Waals surface area contributed by atoms with Crippen LogP contribution in [0.3, 0.4) is 0 Å². The molecule has 1 aromatic rings. The predicted molar refractivity (Wildman–Crippen MR) is 104 cm³/mol. The van der Waals surface area contributed by atoms with Crippen molar-refractivity contribution in [3.8, 4) is 0 Å². The first-order chi connectivity index (χ1) is 12.2. The molecule has 25 heavy (non-hydrogen) atoms. The van der Waals surface area contributed by atoms with Crippen molar-refractivity contribution >= 4 is 33.6 Å². The average molecular weight is 422 g/mol. The number of thioether (sulfide) groups is 1. The second-order valence-corrected chi connectivity index (χ2v) is 10.3. The first-order valence-electron chi connectivity index (χ1n) is 9.52. The Labute approximate surface area is 161 Å². The summed E-state index contributed by atoms with van der Waals surface area (Å²) >= 11 is 5.82. The smallest absolute Gasteiger partial charge is 0.237 e. The molecule has 1 aliphatic heterocycles. The number of nitrogens with zero attached hydrogens (tertiary/aromatic N) is 2. The lowest BCUT2D eigenvalue weighted by atomic mass is 9.90. The van der Waals surface area contributed by atoms with Gasteiger partial charge in [-0.05, 0) is 50.5 Å². The normalized spacial score (nSPS) is 36.8. The van der Waals surface area contributed by atoms with Crippen molar-refractivity contribution in [1.82, 2.24) is 15.1 Å². The Morgan fingerprint density at radius 1 is 1.28 bits per heavy atom. The van der Waals surface area contributed by atoms with Crippen molar-refractivity contribution in [3.63, 3.8) is 0 Å². The third kappa shape index (κ3) is 2.89. The molecule has 5 rings (SSSR count). The number of allylic oxidation sites excluding steroid dienone is 2. The maximum atomic E-state index is 13.6. The highest BCUT2D eigenvalue weighted by Crippen LogP contribution is 2.49. The van der Waals surface area contributed by atoms with Gasteiger partial charge < -0.3 is 4.90 Å².